The molecule has 1 aliphatic rings. The van der Waals surface area contributed by atoms with Crippen molar-refractivity contribution in [2.24, 2.45) is 0 Å². The highest BCUT2D eigenvalue weighted by molar-refractivity contribution is 8.02. The molecule has 1 aromatic rings. The summed E-state index contributed by atoms with van der Waals surface area (Å²) in [5.41, 5.74) is 11.0. The van der Waals surface area contributed by atoms with Gasteiger partial charge in [-0.3, -0.25) is 0 Å². The van der Waals surface area contributed by atoms with Gasteiger partial charge >= 0.3 is 0 Å². The van der Waals surface area contributed by atoms with Crippen LogP contribution >= 0.6 is 11.8 Å². The second kappa shape index (κ2) is 3.14. The quantitative estimate of drug-likeness (QED) is 0.683. The van der Waals surface area contributed by atoms with Gasteiger partial charge in [0.2, 0.25) is 5.95 Å². The number of nitrogen functional groups attached to an aromatic ring is 2. The summed E-state index contributed by atoms with van der Waals surface area (Å²) in [6.45, 7) is 0. The predicted octanol–water partition coefficient (Wildman–Crippen LogP) is 0.623. The van der Waals surface area contributed by atoms with Gasteiger partial charge in [-0.05, 0) is 5.41 Å². The number of hydrogen-bond acceptors (Lipinski definition) is 6. The van der Waals surface area contributed by atoms with Gasteiger partial charge in [-0.25, -0.2) is 0 Å². The van der Waals surface area contributed by atoms with Crippen LogP contribution in [0.25, 0.3) is 0 Å². The van der Waals surface area contributed by atoms with E-state index in [0.717, 1.165) is 11.7 Å². The minimum Gasteiger partial charge on any atom is -0.383 e. The molecule has 0 aromatic carbocycles. The molecule has 6 heteroatoms. The van der Waals surface area contributed by atoms with E-state index in [2.05, 4.69) is 9.97 Å². The molecule has 5 nitrogen and oxygen atoms in total. The molecule has 2 rings (SSSR count). The van der Waals surface area contributed by atoms with E-state index >= 15 is 0 Å². The summed E-state index contributed by atoms with van der Waals surface area (Å²) in [6.07, 6.45) is 1.94. The predicted molar refractivity (Wildman–Crippen MR) is 54.9 cm³/mol. The Balaban J connectivity index is 2.34. The third-order valence-electron chi connectivity index (χ3n) is 1.59. The molecule has 2 heterocycles. The first kappa shape index (κ1) is 8.18. The Morgan fingerprint density at radius 2 is 2.23 bits per heavy atom. The van der Waals surface area contributed by atoms with Gasteiger partial charge in [0.15, 0.2) is 0 Å². The summed E-state index contributed by atoms with van der Waals surface area (Å²) in [6, 6.07) is 1.70. The molecule has 0 saturated carbocycles. The van der Waals surface area contributed by atoms with E-state index < -0.39 is 0 Å². The maximum Gasteiger partial charge on any atom is 0.223 e. The maximum absolute atomic E-state index is 5.54. The molecule has 1 aromatic heterocycles. The minimum absolute atomic E-state index is 0.209. The van der Waals surface area contributed by atoms with E-state index in [1.165, 1.54) is 0 Å². The van der Waals surface area contributed by atoms with Crippen LogP contribution in [0.5, 0.6) is 0 Å². The van der Waals surface area contributed by atoms with E-state index in [9.17, 15) is 0 Å². The highest BCUT2D eigenvalue weighted by atomic mass is 32.2. The fourth-order valence-electron chi connectivity index (χ4n) is 1.04. The van der Waals surface area contributed by atoms with Gasteiger partial charge in [0.05, 0.1) is 5.88 Å². The Labute approximate surface area is 79.8 Å². The van der Waals surface area contributed by atoms with Crippen molar-refractivity contribution in [1.29, 1.82) is 0 Å². The minimum atomic E-state index is 0.209. The SMILES string of the molecule is Nc1cc(N2C=CSC2)nc(N)n1. The lowest BCUT2D eigenvalue weighted by Crippen LogP contribution is -2.14. The third-order valence-corrected chi connectivity index (χ3v) is 2.34. The largest absolute Gasteiger partial charge is 0.383 e. The molecular weight excluding hydrogens is 186 g/mol. The lowest BCUT2D eigenvalue weighted by atomic mass is 10.5. The molecular formula is C7H9N5S. The molecule has 0 unspecified atom stereocenters. The van der Waals surface area contributed by atoms with Crippen molar-refractivity contribution in [2.45, 2.75) is 0 Å². The van der Waals surface area contributed by atoms with Crippen LogP contribution < -0.4 is 16.4 Å². The first-order valence-electron chi connectivity index (χ1n) is 3.70. The average Bonchev–Trinajstić information content (AvgIpc) is 2.53. The van der Waals surface area contributed by atoms with Gasteiger partial charge in [0.25, 0.3) is 0 Å². The van der Waals surface area contributed by atoms with Gasteiger partial charge in [-0.1, -0.05) is 0 Å². The fourth-order valence-corrected chi connectivity index (χ4v) is 1.74. The molecule has 0 spiro atoms. The average molecular weight is 195 g/mol. The number of thioether (sulfide) groups is 1. The van der Waals surface area contributed by atoms with Crippen molar-refractivity contribution in [3.05, 3.63) is 17.7 Å². The number of hydrogen-bond donors (Lipinski definition) is 2. The Kier molecular flexibility index (Phi) is 1.97. The summed E-state index contributed by atoms with van der Waals surface area (Å²) in [5.74, 6) is 2.19. The number of nitrogens with two attached hydrogens (primary N) is 2. The van der Waals surface area contributed by atoms with Crippen LogP contribution in [0.4, 0.5) is 17.6 Å². The van der Waals surface area contributed by atoms with Crippen molar-refractivity contribution in [1.82, 2.24) is 9.97 Å². The van der Waals surface area contributed by atoms with Gasteiger partial charge in [0, 0.05) is 12.3 Å². The van der Waals surface area contributed by atoms with Crippen LogP contribution in [0, 0.1) is 0 Å². The molecule has 0 aliphatic carbocycles. The standard InChI is InChI=1S/C7H9N5S/c8-5-3-6(11-7(9)10-5)12-1-2-13-4-12/h1-3H,4H2,(H4,8,9,10,11). The van der Waals surface area contributed by atoms with E-state index in [0.29, 0.717) is 5.82 Å². The molecule has 13 heavy (non-hydrogen) atoms. The zero-order valence-corrected chi connectivity index (χ0v) is 7.66. The molecule has 0 saturated heterocycles. The maximum atomic E-state index is 5.54. The van der Waals surface area contributed by atoms with E-state index in [-0.39, 0.29) is 5.95 Å². The second-order valence-electron chi connectivity index (χ2n) is 2.56. The summed E-state index contributed by atoms with van der Waals surface area (Å²) >= 11 is 1.69. The van der Waals surface area contributed by atoms with Crippen LogP contribution in [0.15, 0.2) is 17.7 Å². The van der Waals surface area contributed by atoms with Crippen molar-refractivity contribution < 1.29 is 0 Å². The zero-order valence-electron chi connectivity index (χ0n) is 6.84. The van der Waals surface area contributed by atoms with Crippen LogP contribution in [-0.2, 0) is 0 Å². The van der Waals surface area contributed by atoms with E-state index in [1.54, 1.807) is 17.8 Å². The second-order valence-corrected chi connectivity index (χ2v) is 3.42. The van der Waals surface area contributed by atoms with Crippen molar-refractivity contribution in [2.75, 3.05) is 22.2 Å². The lowest BCUT2D eigenvalue weighted by molar-refractivity contribution is 1.08. The zero-order chi connectivity index (χ0) is 9.26. The molecule has 1 aliphatic heterocycles. The number of rotatable bonds is 1. The van der Waals surface area contributed by atoms with E-state index in [4.69, 9.17) is 11.5 Å². The highest BCUT2D eigenvalue weighted by Crippen LogP contribution is 2.23. The Bertz CT molecular complexity index is 330. The van der Waals surface area contributed by atoms with Crippen molar-refractivity contribution in [3.63, 3.8) is 0 Å². The smallest absolute Gasteiger partial charge is 0.223 e. The van der Waals surface area contributed by atoms with E-state index in [1.807, 2.05) is 16.5 Å². The summed E-state index contributed by atoms with van der Waals surface area (Å²) in [4.78, 5) is 9.81. The lowest BCUT2D eigenvalue weighted by Gasteiger charge is -2.13. The van der Waals surface area contributed by atoms with Gasteiger partial charge in [-0.2, -0.15) is 9.97 Å². The van der Waals surface area contributed by atoms with Crippen molar-refractivity contribution >= 4 is 29.3 Å². The molecule has 0 amide bonds. The van der Waals surface area contributed by atoms with Crippen LogP contribution in [-0.4, -0.2) is 15.8 Å². The van der Waals surface area contributed by atoms with Crippen LogP contribution in [0.3, 0.4) is 0 Å². The fraction of sp³-hybridized carbons (Fsp3) is 0.143. The first-order chi connectivity index (χ1) is 6.25. The molecule has 0 radical (unpaired) electrons. The summed E-state index contributed by atoms with van der Waals surface area (Å²) in [7, 11) is 0. The van der Waals surface area contributed by atoms with Gasteiger partial charge < -0.3 is 16.4 Å². The van der Waals surface area contributed by atoms with Gasteiger partial charge in [0.1, 0.15) is 11.6 Å². The Morgan fingerprint density at radius 1 is 1.38 bits per heavy atom. The van der Waals surface area contributed by atoms with Crippen molar-refractivity contribution in [3.8, 4) is 0 Å². The monoisotopic (exact) mass is 195 g/mol. The Morgan fingerprint density at radius 3 is 2.85 bits per heavy atom. The third kappa shape index (κ3) is 1.67. The number of aromatic nitrogens is 2. The normalized spacial score (nSPS) is 15.2. The summed E-state index contributed by atoms with van der Waals surface area (Å²) in [5, 5.41) is 1.99. The number of nitrogens with zero attached hydrogens (tertiary/aromatic N) is 3. The van der Waals surface area contributed by atoms with Gasteiger partial charge in [-0.15, -0.1) is 11.8 Å². The highest BCUT2D eigenvalue weighted by Gasteiger charge is 2.10. The first-order valence-corrected chi connectivity index (χ1v) is 4.75. The molecule has 0 bridgehead atoms. The summed E-state index contributed by atoms with van der Waals surface area (Å²) < 4.78 is 0. The Hall–Kier alpha value is -1.43. The topological polar surface area (TPSA) is 81.1 Å². The molecule has 0 fully saturated rings. The molecule has 0 atom stereocenters. The molecule has 4 N–H and O–H groups in total. The van der Waals surface area contributed by atoms with Crippen LogP contribution in [0.2, 0.25) is 0 Å². The molecule has 68 valence electrons. The number of anilines is 3. The van der Waals surface area contributed by atoms with Crippen LogP contribution in [0.1, 0.15) is 0 Å².